The number of halogens is 1. The number of hydrogen-bond donors (Lipinski definition) is 2. The normalized spacial score (nSPS) is 14.1. The second-order valence-corrected chi connectivity index (χ2v) is 8.32. The number of anilines is 2. The highest BCUT2D eigenvalue weighted by Crippen LogP contribution is 2.28. The van der Waals surface area contributed by atoms with Crippen LogP contribution < -0.4 is 10.6 Å². The highest BCUT2D eigenvalue weighted by atomic mass is 35.5. The minimum atomic E-state index is -0.355. The highest BCUT2D eigenvalue weighted by molar-refractivity contribution is 6.33. The highest BCUT2D eigenvalue weighted by Gasteiger charge is 2.22. The van der Waals surface area contributed by atoms with Gasteiger partial charge in [-0.2, -0.15) is 0 Å². The van der Waals surface area contributed by atoms with Gasteiger partial charge in [-0.05, 0) is 48.2 Å². The summed E-state index contributed by atoms with van der Waals surface area (Å²) >= 11 is 6.07. The average Bonchev–Trinajstić information content (AvgIpc) is 2.81. The van der Waals surface area contributed by atoms with Crippen LogP contribution in [-0.4, -0.2) is 11.8 Å². The van der Waals surface area contributed by atoms with Gasteiger partial charge in [0.15, 0.2) is 5.78 Å². The van der Waals surface area contributed by atoms with Crippen molar-refractivity contribution in [1.82, 2.24) is 0 Å². The molecule has 0 unspecified atom stereocenters. The summed E-state index contributed by atoms with van der Waals surface area (Å²) in [5, 5.41) is 6.02. The first-order valence-corrected chi connectivity index (χ1v) is 11.1. The van der Waals surface area contributed by atoms with Gasteiger partial charge >= 0.3 is 6.03 Å². The number of urea groups is 1. The number of benzene rings is 3. The van der Waals surface area contributed by atoms with Crippen molar-refractivity contribution in [3.63, 3.8) is 0 Å². The molecule has 0 saturated heterocycles. The Balaban J connectivity index is 1.38. The molecule has 0 heterocycles. The van der Waals surface area contributed by atoms with Crippen molar-refractivity contribution in [2.75, 3.05) is 10.6 Å². The summed E-state index contributed by atoms with van der Waals surface area (Å²) in [5.74, 6) is 0.456. The fourth-order valence-corrected chi connectivity index (χ4v) is 4.20. The van der Waals surface area contributed by atoms with E-state index in [4.69, 9.17) is 11.6 Å². The third-order valence-electron chi connectivity index (χ3n) is 5.74. The smallest absolute Gasteiger partial charge is 0.308 e. The van der Waals surface area contributed by atoms with Gasteiger partial charge in [-0.25, -0.2) is 4.79 Å². The molecule has 31 heavy (non-hydrogen) atoms. The van der Waals surface area contributed by atoms with Crippen molar-refractivity contribution >= 4 is 34.8 Å². The molecule has 4 rings (SSSR count). The molecule has 3 aromatic rings. The molecule has 158 valence electrons. The number of hydrogen-bond acceptors (Lipinski definition) is 2. The summed E-state index contributed by atoms with van der Waals surface area (Å²) in [6.45, 7) is 0. The molecule has 0 bridgehead atoms. The van der Waals surface area contributed by atoms with Crippen LogP contribution in [0.2, 0.25) is 5.02 Å². The van der Waals surface area contributed by atoms with E-state index >= 15 is 0 Å². The molecule has 0 aliphatic heterocycles. The van der Waals surface area contributed by atoms with Gasteiger partial charge in [0.1, 0.15) is 0 Å². The number of para-hydroxylation sites is 1. The zero-order valence-corrected chi connectivity index (χ0v) is 18.0. The van der Waals surface area contributed by atoms with Crippen LogP contribution in [0.1, 0.15) is 42.5 Å². The van der Waals surface area contributed by atoms with Crippen LogP contribution in [0.4, 0.5) is 16.2 Å². The van der Waals surface area contributed by atoms with Crippen LogP contribution in [0.3, 0.4) is 0 Å². The molecule has 1 fully saturated rings. The molecule has 5 heteroatoms. The molecule has 1 aliphatic rings. The van der Waals surface area contributed by atoms with Gasteiger partial charge < -0.3 is 10.6 Å². The molecule has 1 aliphatic carbocycles. The van der Waals surface area contributed by atoms with Gasteiger partial charge in [0.2, 0.25) is 0 Å². The van der Waals surface area contributed by atoms with E-state index in [9.17, 15) is 9.59 Å². The molecule has 4 nitrogen and oxygen atoms in total. The first-order chi connectivity index (χ1) is 15.1. The SMILES string of the molecule is O=C(Nc1ccc(-c2ccc(C(=O)C3CCCCC3)cc2)cc1)Nc1ccccc1Cl. The van der Waals surface area contributed by atoms with Crippen molar-refractivity contribution < 1.29 is 9.59 Å². The van der Waals surface area contributed by atoms with Crippen LogP contribution >= 0.6 is 11.6 Å². The Morgan fingerprint density at radius 3 is 2.00 bits per heavy atom. The molecular formula is C26H25ClN2O2. The summed E-state index contributed by atoms with van der Waals surface area (Å²) in [4.78, 5) is 24.9. The number of rotatable bonds is 5. The van der Waals surface area contributed by atoms with E-state index in [1.54, 1.807) is 12.1 Å². The quantitative estimate of drug-likeness (QED) is 0.412. The maximum absolute atomic E-state index is 12.7. The van der Waals surface area contributed by atoms with Crippen LogP contribution in [-0.2, 0) is 0 Å². The lowest BCUT2D eigenvalue weighted by Gasteiger charge is -2.20. The minimum absolute atomic E-state index is 0.182. The Morgan fingerprint density at radius 2 is 1.35 bits per heavy atom. The van der Waals surface area contributed by atoms with Gasteiger partial charge in [0, 0.05) is 17.2 Å². The lowest BCUT2D eigenvalue weighted by atomic mass is 9.83. The maximum atomic E-state index is 12.7. The van der Waals surface area contributed by atoms with Crippen molar-refractivity contribution in [2.45, 2.75) is 32.1 Å². The third-order valence-corrected chi connectivity index (χ3v) is 6.07. The molecule has 0 atom stereocenters. The Labute approximate surface area is 187 Å². The van der Waals surface area contributed by atoms with Gasteiger partial charge in [0.25, 0.3) is 0 Å². The Morgan fingerprint density at radius 1 is 0.742 bits per heavy atom. The number of ketones is 1. The van der Waals surface area contributed by atoms with Crippen molar-refractivity contribution in [3.8, 4) is 11.1 Å². The van der Waals surface area contributed by atoms with Crippen LogP contribution in [0.5, 0.6) is 0 Å². The second-order valence-electron chi connectivity index (χ2n) is 7.91. The zero-order chi connectivity index (χ0) is 21.6. The van der Waals surface area contributed by atoms with Crippen molar-refractivity contribution in [1.29, 1.82) is 0 Å². The molecule has 2 N–H and O–H groups in total. The summed E-state index contributed by atoms with van der Waals surface area (Å²) in [6.07, 6.45) is 5.59. The number of Topliss-reactive ketones (excluding diaryl/α,β-unsaturated/α-hetero) is 1. The second kappa shape index (κ2) is 9.80. The average molecular weight is 433 g/mol. The van der Waals surface area contributed by atoms with Gasteiger partial charge in [-0.15, -0.1) is 0 Å². The molecule has 0 radical (unpaired) electrons. The first kappa shape index (κ1) is 21.1. The van der Waals surface area contributed by atoms with E-state index in [2.05, 4.69) is 10.6 Å². The zero-order valence-electron chi connectivity index (χ0n) is 17.2. The predicted molar refractivity (Wildman–Crippen MR) is 127 cm³/mol. The summed E-state index contributed by atoms with van der Waals surface area (Å²) in [7, 11) is 0. The standard InChI is InChI=1S/C26H25ClN2O2/c27-23-8-4-5-9-24(23)29-26(31)28-22-16-14-19(15-17-22)18-10-12-21(13-11-18)25(30)20-6-2-1-3-7-20/h4-5,8-17,20H,1-3,6-7H2,(H2,28,29,31). The Kier molecular flexibility index (Phi) is 6.68. The fraction of sp³-hybridized carbons (Fsp3) is 0.231. The van der Waals surface area contributed by atoms with E-state index in [-0.39, 0.29) is 17.7 Å². The first-order valence-electron chi connectivity index (χ1n) is 10.7. The topological polar surface area (TPSA) is 58.2 Å². The predicted octanol–water partition coefficient (Wildman–Crippen LogP) is 7.41. The van der Waals surface area contributed by atoms with Crippen LogP contribution in [0.15, 0.2) is 72.8 Å². The molecule has 3 aromatic carbocycles. The Bertz CT molecular complexity index is 1060. The molecule has 0 aromatic heterocycles. The largest absolute Gasteiger partial charge is 0.323 e. The number of nitrogens with one attached hydrogen (secondary N) is 2. The summed E-state index contributed by atoms with van der Waals surface area (Å²) in [5.41, 5.74) is 4.09. The lowest BCUT2D eigenvalue weighted by molar-refractivity contribution is 0.0889. The van der Waals surface area contributed by atoms with Crippen LogP contribution in [0.25, 0.3) is 11.1 Å². The molecule has 2 amide bonds. The Hall–Kier alpha value is -3.11. The minimum Gasteiger partial charge on any atom is -0.308 e. The molecule has 0 spiro atoms. The molecule has 1 saturated carbocycles. The van der Waals surface area contributed by atoms with E-state index < -0.39 is 0 Å². The van der Waals surface area contributed by atoms with Crippen molar-refractivity contribution in [3.05, 3.63) is 83.4 Å². The number of amides is 2. The van der Waals surface area contributed by atoms with Gasteiger partial charge in [0.05, 0.1) is 10.7 Å². The van der Waals surface area contributed by atoms with Gasteiger partial charge in [-0.1, -0.05) is 79.4 Å². The molecular weight excluding hydrogens is 408 g/mol. The van der Waals surface area contributed by atoms with Crippen LogP contribution in [0, 0.1) is 5.92 Å². The maximum Gasteiger partial charge on any atom is 0.323 e. The monoisotopic (exact) mass is 432 g/mol. The summed E-state index contributed by atoms with van der Waals surface area (Å²) < 4.78 is 0. The van der Waals surface area contributed by atoms with E-state index in [0.717, 1.165) is 42.4 Å². The number of carbonyl (C=O) groups is 2. The van der Waals surface area contributed by atoms with E-state index in [0.29, 0.717) is 16.4 Å². The number of carbonyl (C=O) groups excluding carboxylic acids is 2. The summed E-state index contributed by atoms with van der Waals surface area (Å²) in [6, 6.07) is 22.2. The van der Waals surface area contributed by atoms with E-state index in [1.807, 2.05) is 60.7 Å². The lowest BCUT2D eigenvalue weighted by Crippen LogP contribution is -2.19. The van der Waals surface area contributed by atoms with Gasteiger partial charge in [-0.3, -0.25) is 4.79 Å². The van der Waals surface area contributed by atoms with E-state index in [1.165, 1.54) is 6.42 Å². The van der Waals surface area contributed by atoms with Crippen molar-refractivity contribution in [2.24, 2.45) is 5.92 Å². The fourth-order valence-electron chi connectivity index (χ4n) is 4.02. The third kappa shape index (κ3) is 5.33.